The SMILES string of the molecule is NC1(COc2cncc(Cl)n2)CCCCCC1. The van der Waals surface area contributed by atoms with Gasteiger partial charge in [0.25, 0.3) is 0 Å². The molecule has 1 fully saturated rings. The van der Waals surface area contributed by atoms with Gasteiger partial charge < -0.3 is 10.5 Å². The molecule has 17 heavy (non-hydrogen) atoms. The first-order chi connectivity index (χ1) is 8.18. The van der Waals surface area contributed by atoms with E-state index in [9.17, 15) is 0 Å². The molecule has 2 N–H and O–H groups in total. The highest BCUT2D eigenvalue weighted by molar-refractivity contribution is 6.29. The summed E-state index contributed by atoms with van der Waals surface area (Å²) < 4.78 is 5.60. The van der Waals surface area contributed by atoms with Gasteiger partial charge in [-0.3, -0.25) is 4.98 Å². The summed E-state index contributed by atoms with van der Waals surface area (Å²) in [4.78, 5) is 7.97. The maximum atomic E-state index is 6.34. The summed E-state index contributed by atoms with van der Waals surface area (Å²) in [7, 11) is 0. The molecule has 1 saturated carbocycles. The molecule has 1 aliphatic carbocycles. The van der Waals surface area contributed by atoms with Crippen molar-refractivity contribution in [2.24, 2.45) is 5.73 Å². The van der Waals surface area contributed by atoms with Crippen molar-refractivity contribution in [1.82, 2.24) is 9.97 Å². The molecule has 4 nitrogen and oxygen atoms in total. The van der Waals surface area contributed by atoms with E-state index in [0.29, 0.717) is 17.6 Å². The largest absolute Gasteiger partial charge is 0.475 e. The number of nitrogens with two attached hydrogens (primary N) is 1. The minimum atomic E-state index is -0.222. The van der Waals surface area contributed by atoms with E-state index in [0.717, 1.165) is 12.8 Å². The minimum absolute atomic E-state index is 0.222. The van der Waals surface area contributed by atoms with Crippen molar-refractivity contribution in [3.63, 3.8) is 0 Å². The molecule has 0 saturated heterocycles. The summed E-state index contributed by atoms with van der Waals surface area (Å²) in [6, 6.07) is 0. The molecule has 94 valence electrons. The lowest BCUT2D eigenvalue weighted by atomic mass is 9.93. The fourth-order valence-corrected chi connectivity index (χ4v) is 2.33. The topological polar surface area (TPSA) is 61.0 Å². The van der Waals surface area contributed by atoms with Crippen molar-refractivity contribution in [2.45, 2.75) is 44.1 Å². The first-order valence-corrected chi connectivity index (χ1v) is 6.45. The van der Waals surface area contributed by atoms with Crippen LogP contribution in [0.15, 0.2) is 12.4 Å². The first kappa shape index (κ1) is 12.6. The average molecular weight is 256 g/mol. The fraction of sp³-hybridized carbons (Fsp3) is 0.667. The van der Waals surface area contributed by atoms with Gasteiger partial charge >= 0.3 is 0 Å². The van der Waals surface area contributed by atoms with Crippen molar-refractivity contribution < 1.29 is 4.74 Å². The lowest BCUT2D eigenvalue weighted by Gasteiger charge is -2.27. The zero-order valence-electron chi connectivity index (χ0n) is 9.86. The minimum Gasteiger partial charge on any atom is -0.475 e. The van der Waals surface area contributed by atoms with Crippen molar-refractivity contribution in [3.05, 3.63) is 17.5 Å². The predicted octanol–water partition coefficient (Wildman–Crippen LogP) is 2.56. The number of ether oxygens (including phenoxy) is 1. The van der Waals surface area contributed by atoms with Crippen LogP contribution in [-0.2, 0) is 0 Å². The second kappa shape index (κ2) is 5.65. The van der Waals surface area contributed by atoms with Gasteiger partial charge in [0.2, 0.25) is 5.88 Å². The molecule has 5 heteroatoms. The quantitative estimate of drug-likeness (QED) is 0.844. The normalized spacial score (nSPS) is 19.6. The third-order valence-corrected chi connectivity index (χ3v) is 3.37. The van der Waals surface area contributed by atoms with Gasteiger partial charge in [0.1, 0.15) is 6.61 Å². The Kier molecular flexibility index (Phi) is 4.18. The Labute approximate surface area is 107 Å². The van der Waals surface area contributed by atoms with E-state index in [2.05, 4.69) is 9.97 Å². The Balaban J connectivity index is 1.92. The second-order valence-corrected chi connectivity index (χ2v) is 5.13. The maximum absolute atomic E-state index is 6.34. The van der Waals surface area contributed by atoms with Gasteiger partial charge in [0.15, 0.2) is 5.15 Å². The average Bonchev–Trinajstić information content (AvgIpc) is 2.53. The van der Waals surface area contributed by atoms with E-state index in [-0.39, 0.29) is 5.54 Å². The Morgan fingerprint density at radius 2 is 1.94 bits per heavy atom. The van der Waals surface area contributed by atoms with Gasteiger partial charge in [-0.25, -0.2) is 0 Å². The molecular formula is C12H18ClN3O. The van der Waals surface area contributed by atoms with Crippen LogP contribution in [0, 0.1) is 0 Å². The Hall–Kier alpha value is -0.870. The van der Waals surface area contributed by atoms with Crippen LogP contribution in [0.5, 0.6) is 5.88 Å². The summed E-state index contributed by atoms with van der Waals surface area (Å²) >= 11 is 5.74. The first-order valence-electron chi connectivity index (χ1n) is 6.07. The molecule has 0 spiro atoms. The van der Waals surface area contributed by atoms with E-state index < -0.39 is 0 Å². The molecule has 0 unspecified atom stereocenters. The molecule has 0 atom stereocenters. The standard InChI is InChI=1S/C12H18ClN3O/c13-10-7-15-8-11(16-10)17-9-12(14)5-3-1-2-4-6-12/h7-8H,1-6,9,14H2. The molecule has 1 aromatic rings. The second-order valence-electron chi connectivity index (χ2n) is 4.75. The van der Waals surface area contributed by atoms with Crippen molar-refractivity contribution in [3.8, 4) is 5.88 Å². The van der Waals surface area contributed by atoms with Crippen LogP contribution in [0.25, 0.3) is 0 Å². The maximum Gasteiger partial charge on any atom is 0.233 e. The molecule has 0 aromatic carbocycles. The highest BCUT2D eigenvalue weighted by Crippen LogP contribution is 2.25. The van der Waals surface area contributed by atoms with E-state index in [1.807, 2.05) is 0 Å². The summed E-state index contributed by atoms with van der Waals surface area (Å²) in [6.07, 6.45) is 9.99. The molecule has 0 radical (unpaired) electrons. The van der Waals surface area contributed by atoms with Crippen LogP contribution in [-0.4, -0.2) is 22.1 Å². The molecule has 2 rings (SSSR count). The van der Waals surface area contributed by atoms with Gasteiger partial charge in [-0.05, 0) is 12.8 Å². The van der Waals surface area contributed by atoms with Gasteiger partial charge in [0, 0.05) is 0 Å². The molecule has 0 bridgehead atoms. The number of aromatic nitrogens is 2. The number of hydrogen-bond acceptors (Lipinski definition) is 4. The molecule has 1 aromatic heterocycles. The Morgan fingerprint density at radius 1 is 1.24 bits per heavy atom. The smallest absolute Gasteiger partial charge is 0.233 e. The molecule has 0 amide bonds. The van der Waals surface area contributed by atoms with Crippen LogP contribution < -0.4 is 10.5 Å². The molecule has 0 aliphatic heterocycles. The van der Waals surface area contributed by atoms with Gasteiger partial charge in [0.05, 0.1) is 17.9 Å². The fourth-order valence-electron chi connectivity index (χ4n) is 2.19. The van der Waals surface area contributed by atoms with E-state index in [4.69, 9.17) is 22.1 Å². The molecule has 1 aliphatic rings. The van der Waals surface area contributed by atoms with Crippen LogP contribution in [0.3, 0.4) is 0 Å². The Bertz CT molecular complexity index is 365. The van der Waals surface area contributed by atoms with Crippen molar-refractivity contribution >= 4 is 11.6 Å². The van der Waals surface area contributed by atoms with Crippen LogP contribution in [0.1, 0.15) is 38.5 Å². The van der Waals surface area contributed by atoms with Crippen LogP contribution in [0.2, 0.25) is 5.15 Å². The lowest BCUT2D eigenvalue weighted by molar-refractivity contribution is 0.193. The highest BCUT2D eigenvalue weighted by atomic mass is 35.5. The van der Waals surface area contributed by atoms with Gasteiger partial charge in [-0.1, -0.05) is 37.3 Å². The predicted molar refractivity (Wildman–Crippen MR) is 67.2 cm³/mol. The number of hydrogen-bond donors (Lipinski definition) is 1. The number of halogens is 1. The third-order valence-electron chi connectivity index (χ3n) is 3.19. The lowest BCUT2D eigenvalue weighted by Crippen LogP contribution is -2.45. The van der Waals surface area contributed by atoms with Crippen molar-refractivity contribution in [2.75, 3.05) is 6.61 Å². The third kappa shape index (κ3) is 3.82. The Morgan fingerprint density at radius 3 is 2.59 bits per heavy atom. The summed E-state index contributed by atoms with van der Waals surface area (Å²) in [5.41, 5.74) is 6.12. The van der Waals surface area contributed by atoms with Crippen LogP contribution in [0.4, 0.5) is 0 Å². The summed E-state index contributed by atoms with van der Waals surface area (Å²) in [6.45, 7) is 0.488. The van der Waals surface area contributed by atoms with E-state index in [1.165, 1.54) is 31.9 Å². The molecule has 1 heterocycles. The zero-order chi connectivity index (χ0) is 12.1. The monoisotopic (exact) mass is 255 g/mol. The molecular weight excluding hydrogens is 238 g/mol. The van der Waals surface area contributed by atoms with Gasteiger partial charge in [-0.2, -0.15) is 4.98 Å². The van der Waals surface area contributed by atoms with Crippen LogP contribution >= 0.6 is 11.6 Å². The number of rotatable bonds is 3. The van der Waals surface area contributed by atoms with Gasteiger partial charge in [-0.15, -0.1) is 0 Å². The highest BCUT2D eigenvalue weighted by Gasteiger charge is 2.27. The zero-order valence-corrected chi connectivity index (χ0v) is 10.6. The summed E-state index contributed by atoms with van der Waals surface area (Å²) in [5, 5.41) is 0.342. The van der Waals surface area contributed by atoms with Crippen molar-refractivity contribution in [1.29, 1.82) is 0 Å². The van der Waals surface area contributed by atoms with E-state index >= 15 is 0 Å². The number of nitrogens with zero attached hydrogens (tertiary/aromatic N) is 2. The summed E-state index contributed by atoms with van der Waals surface area (Å²) in [5.74, 6) is 0.451. The van der Waals surface area contributed by atoms with E-state index in [1.54, 1.807) is 6.20 Å².